The van der Waals surface area contributed by atoms with Crippen LogP contribution in [0.2, 0.25) is 0 Å². The number of benzene rings is 1. The summed E-state index contributed by atoms with van der Waals surface area (Å²) in [5.74, 6) is -0.578. The van der Waals surface area contributed by atoms with Gasteiger partial charge in [-0.3, -0.25) is 14.7 Å². The number of Topliss-reactive ketones (excluding diaryl/α,β-unsaturated/α-hetero) is 2. The molecule has 7 nitrogen and oxygen atoms in total. The highest BCUT2D eigenvalue weighted by Crippen LogP contribution is 2.32. The number of nitrogens with zero attached hydrogens (tertiary/aromatic N) is 2. The average molecular weight is 343 g/mol. The van der Waals surface area contributed by atoms with Gasteiger partial charge in [0.15, 0.2) is 5.82 Å². The molecule has 0 radical (unpaired) electrons. The highest BCUT2D eigenvalue weighted by Gasteiger charge is 2.21. The predicted molar refractivity (Wildman–Crippen MR) is 85.2 cm³/mol. The maximum Gasteiger partial charge on any atom is 0.265 e. The third kappa shape index (κ3) is 3.54. The lowest BCUT2D eigenvalue weighted by molar-refractivity contribution is -0.114. The highest BCUT2D eigenvalue weighted by molar-refractivity contribution is 7.99. The number of nitrogens with one attached hydrogen (secondary N) is 1. The molecule has 0 aliphatic rings. The molecule has 0 amide bonds. The molecule has 0 spiro atoms. The van der Waals surface area contributed by atoms with Gasteiger partial charge in [0.05, 0.1) is 18.3 Å². The summed E-state index contributed by atoms with van der Waals surface area (Å²) in [5, 5.41) is 5.96. The molecular formula is C16H13N3O4S. The zero-order valence-electron chi connectivity index (χ0n) is 12.7. The summed E-state index contributed by atoms with van der Waals surface area (Å²) >= 11 is 1.44. The summed E-state index contributed by atoms with van der Waals surface area (Å²) in [4.78, 5) is 29.5. The number of hydrogen-bond donors (Lipinski definition) is 1. The van der Waals surface area contributed by atoms with Crippen LogP contribution in [-0.4, -0.2) is 33.9 Å². The number of hydrogen-bond acceptors (Lipinski definition) is 7. The predicted octanol–water partition coefficient (Wildman–Crippen LogP) is 2.55. The van der Waals surface area contributed by atoms with Crippen LogP contribution in [0.25, 0.3) is 0 Å². The minimum atomic E-state index is -0.700. The van der Waals surface area contributed by atoms with E-state index in [4.69, 9.17) is 9.15 Å². The summed E-state index contributed by atoms with van der Waals surface area (Å²) in [7, 11) is 1.60. The Morgan fingerprint density at radius 1 is 1.25 bits per heavy atom. The number of furan rings is 1. The summed E-state index contributed by atoms with van der Waals surface area (Å²) in [6.07, 6.45) is 4.14. The molecule has 3 rings (SSSR count). The van der Waals surface area contributed by atoms with E-state index in [1.165, 1.54) is 24.4 Å². The minimum Gasteiger partial charge on any atom is -0.497 e. The zero-order valence-corrected chi connectivity index (χ0v) is 13.5. The van der Waals surface area contributed by atoms with Crippen molar-refractivity contribution in [3.63, 3.8) is 0 Å². The second kappa shape index (κ2) is 7.14. The summed E-state index contributed by atoms with van der Waals surface area (Å²) in [6.45, 7) is 0. The van der Waals surface area contributed by atoms with Gasteiger partial charge in [-0.2, -0.15) is 5.10 Å². The van der Waals surface area contributed by atoms with E-state index in [1.807, 2.05) is 24.3 Å². The number of ether oxygens (including phenoxy) is 1. The van der Waals surface area contributed by atoms with Gasteiger partial charge >= 0.3 is 0 Å². The van der Waals surface area contributed by atoms with E-state index >= 15 is 0 Å². The number of H-pyrrole nitrogens is 1. The first-order chi connectivity index (χ1) is 11.7. The largest absolute Gasteiger partial charge is 0.497 e. The first kappa shape index (κ1) is 16.0. The van der Waals surface area contributed by atoms with Crippen molar-refractivity contribution in [2.45, 2.75) is 16.2 Å². The van der Waals surface area contributed by atoms with Crippen LogP contribution in [0.3, 0.4) is 0 Å². The van der Waals surface area contributed by atoms with Crippen LogP contribution in [0.15, 0.2) is 57.3 Å². The molecule has 0 unspecified atom stereocenters. The van der Waals surface area contributed by atoms with Crippen LogP contribution < -0.4 is 4.74 Å². The van der Waals surface area contributed by atoms with Crippen molar-refractivity contribution in [2.24, 2.45) is 0 Å². The van der Waals surface area contributed by atoms with Gasteiger partial charge in [-0.1, -0.05) is 11.8 Å². The standard InChI is InChI=1S/C16H13N3O4S/c1-22-11-2-4-12(5-3-11)24-14-8-23-7-10(14)6-13(20)15(21)16-17-9-18-19-16/h2-5,7-9H,6H2,1H3,(H,17,18,19). The van der Waals surface area contributed by atoms with Crippen LogP contribution in [-0.2, 0) is 11.2 Å². The zero-order chi connectivity index (χ0) is 16.9. The molecule has 0 bridgehead atoms. The van der Waals surface area contributed by atoms with Gasteiger partial charge in [-0.15, -0.1) is 0 Å². The molecule has 0 aliphatic heterocycles. The first-order valence-electron chi connectivity index (χ1n) is 6.97. The van der Waals surface area contributed by atoms with E-state index in [-0.39, 0.29) is 12.2 Å². The maximum atomic E-state index is 12.1. The fraction of sp³-hybridized carbons (Fsp3) is 0.125. The Balaban J connectivity index is 1.70. The first-order valence-corrected chi connectivity index (χ1v) is 7.79. The number of aromatic amines is 1. The van der Waals surface area contributed by atoms with Crippen molar-refractivity contribution in [2.75, 3.05) is 7.11 Å². The normalized spacial score (nSPS) is 10.5. The molecule has 0 atom stereocenters. The SMILES string of the molecule is COc1ccc(Sc2cocc2CC(=O)C(=O)c2ncn[nH]2)cc1. The second-order valence-electron chi connectivity index (χ2n) is 4.80. The Bertz CT molecular complexity index is 841. The number of carbonyl (C=O) groups is 2. The Morgan fingerprint density at radius 3 is 2.71 bits per heavy atom. The number of carbonyl (C=O) groups excluding carboxylic acids is 2. The molecule has 24 heavy (non-hydrogen) atoms. The van der Waals surface area contributed by atoms with E-state index in [0.29, 0.717) is 5.56 Å². The molecule has 2 heterocycles. The fourth-order valence-electron chi connectivity index (χ4n) is 2.00. The number of aromatic nitrogens is 3. The molecule has 0 aliphatic carbocycles. The summed E-state index contributed by atoms with van der Waals surface area (Å²) < 4.78 is 10.3. The van der Waals surface area contributed by atoms with Gasteiger partial charge in [0.1, 0.15) is 18.3 Å². The maximum absolute atomic E-state index is 12.1. The molecular weight excluding hydrogens is 330 g/mol. The average Bonchev–Trinajstić information content (AvgIpc) is 3.27. The Hall–Kier alpha value is -2.87. The number of methoxy groups -OCH3 is 1. The van der Waals surface area contributed by atoms with Crippen molar-refractivity contribution < 1.29 is 18.7 Å². The van der Waals surface area contributed by atoms with Gasteiger partial charge in [0.2, 0.25) is 5.78 Å². The van der Waals surface area contributed by atoms with Gasteiger partial charge in [0.25, 0.3) is 5.78 Å². The molecule has 2 aromatic heterocycles. The van der Waals surface area contributed by atoms with Crippen LogP contribution in [0.5, 0.6) is 5.75 Å². The smallest absolute Gasteiger partial charge is 0.265 e. The van der Waals surface area contributed by atoms with Crippen molar-refractivity contribution in [3.05, 3.63) is 54.5 Å². The Labute approximate surface area is 141 Å². The van der Waals surface area contributed by atoms with Crippen molar-refractivity contribution >= 4 is 23.3 Å². The molecule has 3 aromatic rings. The van der Waals surface area contributed by atoms with E-state index in [0.717, 1.165) is 15.5 Å². The van der Waals surface area contributed by atoms with Gasteiger partial charge in [-0.05, 0) is 24.3 Å². The van der Waals surface area contributed by atoms with E-state index < -0.39 is 11.6 Å². The van der Waals surface area contributed by atoms with Crippen LogP contribution >= 0.6 is 11.8 Å². The van der Waals surface area contributed by atoms with Crippen molar-refractivity contribution in [3.8, 4) is 5.75 Å². The van der Waals surface area contributed by atoms with Gasteiger partial charge in [0, 0.05) is 16.9 Å². The molecule has 1 aromatic carbocycles. The van der Waals surface area contributed by atoms with E-state index in [9.17, 15) is 9.59 Å². The molecule has 0 saturated carbocycles. The van der Waals surface area contributed by atoms with E-state index in [2.05, 4.69) is 15.2 Å². The topological polar surface area (TPSA) is 98.1 Å². The van der Waals surface area contributed by atoms with Crippen LogP contribution in [0.4, 0.5) is 0 Å². The van der Waals surface area contributed by atoms with Crippen LogP contribution in [0.1, 0.15) is 16.2 Å². The molecule has 0 fully saturated rings. The molecule has 0 saturated heterocycles. The lowest BCUT2D eigenvalue weighted by Gasteiger charge is -2.03. The molecule has 8 heteroatoms. The third-order valence-electron chi connectivity index (χ3n) is 3.22. The third-order valence-corrected chi connectivity index (χ3v) is 4.31. The summed E-state index contributed by atoms with van der Waals surface area (Å²) in [6, 6.07) is 7.50. The van der Waals surface area contributed by atoms with Gasteiger partial charge in [-0.25, -0.2) is 4.98 Å². The Kier molecular flexibility index (Phi) is 4.76. The number of rotatable bonds is 7. The van der Waals surface area contributed by atoms with Gasteiger partial charge < -0.3 is 9.15 Å². The highest BCUT2D eigenvalue weighted by atomic mass is 32.2. The van der Waals surface area contributed by atoms with Crippen molar-refractivity contribution in [1.29, 1.82) is 0 Å². The molecule has 122 valence electrons. The van der Waals surface area contributed by atoms with Crippen molar-refractivity contribution in [1.82, 2.24) is 15.2 Å². The fourth-order valence-corrected chi connectivity index (χ4v) is 2.88. The summed E-state index contributed by atoms with van der Waals surface area (Å²) in [5.41, 5.74) is 0.647. The number of ketones is 2. The monoisotopic (exact) mass is 343 g/mol. The molecule has 1 N–H and O–H groups in total. The second-order valence-corrected chi connectivity index (χ2v) is 5.92. The quantitative estimate of drug-likeness (QED) is 0.520. The van der Waals surface area contributed by atoms with Crippen LogP contribution in [0, 0.1) is 0 Å². The Morgan fingerprint density at radius 2 is 2.04 bits per heavy atom. The lowest BCUT2D eigenvalue weighted by atomic mass is 10.1. The minimum absolute atomic E-state index is 0.0610. The van der Waals surface area contributed by atoms with E-state index in [1.54, 1.807) is 13.4 Å². The lowest BCUT2D eigenvalue weighted by Crippen LogP contribution is -2.18.